The van der Waals surface area contributed by atoms with Crippen LogP contribution >= 0.6 is 11.3 Å². The number of hydrogen-bond acceptors (Lipinski definition) is 2. The monoisotopic (exact) mass is 189 g/mol. The van der Waals surface area contributed by atoms with Gasteiger partial charge in [0, 0.05) is 0 Å². The number of anilines is 1. The minimum absolute atomic E-state index is 0.871. The minimum atomic E-state index is 0.871. The van der Waals surface area contributed by atoms with E-state index in [0.717, 1.165) is 5.69 Å². The number of aryl methyl sites for hydroxylation is 1. The molecular formula is C11H11NS. The van der Waals surface area contributed by atoms with Gasteiger partial charge in [0.05, 0.1) is 10.6 Å². The highest BCUT2D eigenvalue weighted by Crippen LogP contribution is 2.31. The van der Waals surface area contributed by atoms with E-state index in [1.165, 1.54) is 16.0 Å². The fourth-order valence-electron chi connectivity index (χ4n) is 1.34. The molecule has 0 fully saturated rings. The lowest BCUT2D eigenvalue weighted by atomic mass is 10.1. The maximum atomic E-state index is 5.83. The summed E-state index contributed by atoms with van der Waals surface area (Å²) in [6.07, 6.45) is 0. The summed E-state index contributed by atoms with van der Waals surface area (Å²) in [5, 5.41) is 2.02. The Morgan fingerprint density at radius 3 is 2.69 bits per heavy atom. The van der Waals surface area contributed by atoms with Gasteiger partial charge in [-0.1, -0.05) is 29.8 Å². The molecule has 1 nitrogen and oxygen atoms in total. The average Bonchev–Trinajstić information content (AvgIpc) is 2.51. The molecule has 2 heteroatoms. The predicted molar refractivity (Wildman–Crippen MR) is 58.9 cm³/mol. The van der Waals surface area contributed by atoms with Crippen LogP contribution in [0.3, 0.4) is 0 Å². The van der Waals surface area contributed by atoms with Gasteiger partial charge in [0.15, 0.2) is 0 Å². The van der Waals surface area contributed by atoms with Gasteiger partial charge in [0.2, 0.25) is 0 Å². The van der Waals surface area contributed by atoms with Crippen LogP contribution in [0.15, 0.2) is 35.7 Å². The smallest absolute Gasteiger partial charge is 0.0572 e. The predicted octanol–water partition coefficient (Wildman–Crippen LogP) is 3.31. The molecule has 0 aliphatic rings. The van der Waals surface area contributed by atoms with Crippen LogP contribution in [-0.4, -0.2) is 0 Å². The summed E-state index contributed by atoms with van der Waals surface area (Å²) in [5.41, 5.74) is 9.19. The van der Waals surface area contributed by atoms with E-state index < -0.39 is 0 Å². The molecule has 0 aliphatic heterocycles. The van der Waals surface area contributed by atoms with Crippen LogP contribution in [0, 0.1) is 6.92 Å². The van der Waals surface area contributed by atoms with Gasteiger partial charge in [-0.15, -0.1) is 11.3 Å². The number of benzene rings is 1. The van der Waals surface area contributed by atoms with Crippen molar-refractivity contribution in [2.75, 3.05) is 5.73 Å². The first-order valence-corrected chi connectivity index (χ1v) is 5.05. The van der Waals surface area contributed by atoms with Crippen LogP contribution < -0.4 is 5.73 Å². The summed E-state index contributed by atoms with van der Waals surface area (Å²) >= 11 is 1.69. The van der Waals surface area contributed by atoms with Crippen molar-refractivity contribution < 1.29 is 0 Å². The molecule has 0 spiro atoms. The van der Waals surface area contributed by atoms with Crippen LogP contribution in [0.4, 0.5) is 5.69 Å². The van der Waals surface area contributed by atoms with Crippen molar-refractivity contribution in [1.29, 1.82) is 0 Å². The SMILES string of the molecule is Cc1cccc(-c2sccc2N)c1. The molecule has 1 aromatic carbocycles. The highest BCUT2D eigenvalue weighted by molar-refractivity contribution is 7.14. The zero-order valence-corrected chi connectivity index (χ0v) is 8.27. The maximum Gasteiger partial charge on any atom is 0.0572 e. The van der Waals surface area contributed by atoms with Crippen molar-refractivity contribution in [3.05, 3.63) is 41.3 Å². The van der Waals surface area contributed by atoms with Crippen LogP contribution in [0.1, 0.15) is 5.56 Å². The second-order valence-electron chi connectivity index (χ2n) is 3.07. The summed E-state index contributed by atoms with van der Waals surface area (Å²) in [6, 6.07) is 10.3. The van der Waals surface area contributed by atoms with Gasteiger partial charge in [-0.2, -0.15) is 0 Å². The standard InChI is InChI=1S/C11H11NS/c1-8-3-2-4-9(7-8)11-10(12)5-6-13-11/h2-7H,12H2,1H3. The lowest BCUT2D eigenvalue weighted by molar-refractivity contribution is 1.48. The van der Waals surface area contributed by atoms with E-state index in [0.29, 0.717) is 0 Å². The average molecular weight is 189 g/mol. The van der Waals surface area contributed by atoms with E-state index in [1.54, 1.807) is 11.3 Å². The summed E-state index contributed by atoms with van der Waals surface area (Å²) < 4.78 is 0. The van der Waals surface area contributed by atoms with Crippen molar-refractivity contribution in [2.45, 2.75) is 6.92 Å². The molecule has 0 atom stereocenters. The molecule has 0 amide bonds. The van der Waals surface area contributed by atoms with E-state index in [2.05, 4.69) is 31.2 Å². The summed E-state index contributed by atoms with van der Waals surface area (Å²) in [4.78, 5) is 1.17. The molecule has 0 aliphatic carbocycles. The second kappa shape index (κ2) is 3.23. The summed E-state index contributed by atoms with van der Waals surface area (Å²) in [5.74, 6) is 0. The number of rotatable bonds is 1. The van der Waals surface area contributed by atoms with Crippen molar-refractivity contribution in [3.63, 3.8) is 0 Å². The number of hydrogen-bond donors (Lipinski definition) is 1. The number of nitrogens with two attached hydrogens (primary N) is 1. The molecule has 0 radical (unpaired) electrons. The van der Waals surface area contributed by atoms with Gasteiger partial charge in [-0.05, 0) is 23.9 Å². The molecule has 0 bridgehead atoms. The van der Waals surface area contributed by atoms with E-state index >= 15 is 0 Å². The maximum absolute atomic E-state index is 5.83. The number of nitrogen functional groups attached to an aromatic ring is 1. The Morgan fingerprint density at radius 1 is 1.23 bits per heavy atom. The Kier molecular flexibility index (Phi) is 2.07. The van der Waals surface area contributed by atoms with E-state index in [4.69, 9.17) is 5.73 Å². The fourth-order valence-corrected chi connectivity index (χ4v) is 2.16. The quantitative estimate of drug-likeness (QED) is 0.731. The van der Waals surface area contributed by atoms with Crippen LogP contribution in [0.2, 0.25) is 0 Å². The first kappa shape index (κ1) is 8.32. The van der Waals surface area contributed by atoms with E-state index in [9.17, 15) is 0 Å². The van der Waals surface area contributed by atoms with Crippen molar-refractivity contribution in [2.24, 2.45) is 0 Å². The highest BCUT2D eigenvalue weighted by Gasteiger charge is 2.02. The van der Waals surface area contributed by atoms with Gasteiger partial charge in [0.25, 0.3) is 0 Å². The van der Waals surface area contributed by atoms with Crippen molar-refractivity contribution in [3.8, 4) is 10.4 Å². The van der Waals surface area contributed by atoms with Gasteiger partial charge in [-0.3, -0.25) is 0 Å². The normalized spacial score (nSPS) is 10.2. The molecular weight excluding hydrogens is 178 g/mol. The third-order valence-electron chi connectivity index (χ3n) is 1.98. The third kappa shape index (κ3) is 1.58. The Bertz CT molecular complexity index is 418. The molecule has 0 saturated heterocycles. The Balaban J connectivity index is 2.53. The van der Waals surface area contributed by atoms with Crippen LogP contribution in [0.25, 0.3) is 10.4 Å². The molecule has 1 aromatic heterocycles. The van der Waals surface area contributed by atoms with Gasteiger partial charge >= 0.3 is 0 Å². The Morgan fingerprint density at radius 2 is 2.08 bits per heavy atom. The van der Waals surface area contributed by atoms with Crippen molar-refractivity contribution in [1.82, 2.24) is 0 Å². The third-order valence-corrected chi connectivity index (χ3v) is 2.96. The number of thiophene rings is 1. The molecule has 13 heavy (non-hydrogen) atoms. The van der Waals surface area contributed by atoms with Crippen molar-refractivity contribution >= 4 is 17.0 Å². The van der Waals surface area contributed by atoms with Crippen LogP contribution in [-0.2, 0) is 0 Å². The first-order valence-electron chi connectivity index (χ1n) is 4.17. The topological polar surface area (TPSA) is 26.0 Å². The minimum Gasteiger partial charge on any atom is -0.398 e. The Labute approximate surface area is 81.8 Å². The summed E-state index contributed by atoms with van der Waals surface area (Å²) in [7, 11) is 0. The molecule has 2 aromatic rings. The first-order chi connectivity index (χ1) is 6.27. The fraction of sp³-hybridized carbons (Fsp3) is 0.0909. The Hall–Kier alpha value is -1.28. The molecule has 0 saturated carbocycles. The lowest BCUT2D eigenvalue weighted by Crippen LogP contribution is -1.83. The van der Waals surface area contributed by atoms with E-state index in [1.807, 2.05) is 11.4 Å². The molecule has 0 unspecified atom stereocenters. The molecule has 66 valence electrons. The van der Waals surface area contributed by atoms with E-state index in [-0.39, 0.29) is 0 Å². The molecule has 2 N–H and O–H groups in total. The van der Waals surface area contributed by atoms with Gasteiger partial charge in [-0.25, -0.2) is 0 Å². The molecule has 1 heterocycles. The lowest BCUT2D eigenvalue weighted by Gasteiger charge is -2.00. The van der Waals surface area contributed by atoms with Crippen LogP contribution in [0.5, 0.6) is 0 Å². The second-order valence-corrected chi connectivity index (χ2v) is 3.99. The van der Waals surface area contributed by atoms with Gasteiger partial charge < -0.3 is 5.73 Å². The molecule has 2 rings (SSSR count). The zero-order valence-electron chi connectivity index (χ0n) is 7.45. The van der Waals surface area contributed by atoms with Gasteiger partial charge in [0.1, 0.15) is 0 Å². The zero-order chi connectivity index (χ0) is 9.26. The largest absolute Gasteiger partial charge is 0.398 e. The summed E-state index contributed by atoms with van der Waals surface area (Å²) in [6.45, 7) is 2.09. The highest BCUT2D eigenvalue weighted by atomic mass is 32.1.